The average Bonchev–Trinajstić information content (AvgIpc) is 3.23. The first-order chi connectivity index (χ1) is 14.3. The highest BCUT2D eigenvalue weighted by Crippen LogP contribution is 2.46. The number of hydrogen-bond donors (Lipinski definition) is 0. The minimum atomic E-state index is -0.341. The van der Waals surface area contributed by atoms with Crippen LogP contribution in [0.4, 0.5) is 0 Å². The van der Waals surface area contributed by atoms with Gasteiger partial charge >= 0.3 is 0 Å². The van der Waals surface area contributed by atoms with Gasteiger partial charge in [0.05, 0.1) is 5.54 Å². The van der Waals surface area contributed by atoms with E-state index in [0.29, 0.717) is 0 Å². The number of nitrogens with zero attached hydrogens (tertiary/aromatic N) is 1. The van der Waals surface area contributed by atoms with Crippen molar-refractivity contribution >= 4 is 22.6 Å². The molecule has 0 N–H and O–H groups in total. The van der Waals surface area contributed by atoms with E-state index < -0.39 is 0 Å². The molecule has 4 aromatic rings. The highest BCUT2D eigenvalue weighted by Gasteiger charge is 2.44. The van der Waals surface area contributed by atoms with Crippen molar-refractivity contribution in [2.75, 3.05) is 0 Å². The second-order valence-corrected chi connectivity index (χ2v) is 8.70. The van der Waals surface area contributed by atoms with Crippen LogP contribution in [-0.2, 0) is 18.6 Å². The van der Waals surface area contributed by atoms with Crippen LogP contribution in [-0.4, -0.2) is 4.90 Å². The molecule has 0 amide bonds. The molecule has 2 heteroatoms. The van der Waals surface area contributed by atoms with E-state index in [-0.39, 0.29) is 5.54 Å². The van der Waals surface area contributed by atoms with Gasteiger partial charge in [-0.2, -0.15) is 0 Å². The third-order valence-electron chi connectivity index (χ3n) is 5.98. The van der Waals surface area contributed by atoms with Crippen LogP contribution in [0, 0.1) is 3.57 Å². The van der Waals surface area contributed by atoms with Crippen LogP contribution in [0.2, 0.25) is 0 Å². The SMILES string of the molecule is Ic1cccc2c1CN(C(c1ccccc1)(c1ccccc1)c1ccccc1)C2. The molecule has 0 spiro atoms. The van der Waals surface area contributed by atoms with Gasteiger partial charge in [-0.05, 0) is 56.5 Å². The third kappa shape index (κ3) is 3.11. The van der Waals surface area contributed by atoms with Gasteiger partial charge in [0.25, 0.3) is 0 Å². The van der Waals surface area contributed by atoms with Gasteiger partial charge in [-0.25, -0.2) is 0 Å². The lowest BCUT2D eigenvalue weighted by molar-refractivity contribution is 0.157. The molecular weight excluding hydrogens is 465 g/mol. The van der Waals surface area contributed by atoms with Crippen LogP contribution >= 0.6 is 22.6 Å². The molecule has 0 unspecified atom stereocenters. The molecule has 0 saturated carbocycles. The van der Waals surface area contributed by atoms with Crippen LogP contribution in [0.3, 0.4) is 0 Å². The van der Waals surface area contributed by atoms with Crippen LogP contribution in [0.5, 0.6) is 0 Å². The van der Waals surface area contributed by atoms with Crippen molar-refractivity contribution in [3.63, 3.8) is 0 Å². The van der Waals surface area contributed by atoms with Crippen LogP contribution in [0.1, 0.15) is 27.8 Å². The Morgan fingerprint density at radius 1 is 0.552 bits per heavy atom. The predicted octanol–water partition coefficient (Wildman–Crippen LogP) is 6.60. The van der Waals surface area contributed by atoms with Crippen molar-refractivity contribution < 1.29 is 0 Å². The van der Waals surface area contributed by atoms with Gasteiger partial charge < -0.3 is 0 Å². The molecule has 29 heavy (non-hydrogen) atoms. The fourth-order valence-corrected chi connectivity index (χ4v) is 5.43. The number of fused-ring (bicyclic) bond motifs is 1. The summed E-state index contributed by atoms with van der Waals surface area (Å²) < 4.78 is 1.35. The van der Waals surface area contributed by atoms with Gasteiger partial charge in [-0.3, -0.25) is 4.90 Å². The molecule has 1 aliphatic heterocycles. The van der Waals surface area contributed by atoms with Crippen molar-refractivity contribution in [2.45, 2.75) is 18.6 Å². The molecule has 0 radical (unpaired) electrons. The Balaban J connectivity index is 1.79. The van der Waals surface area contributed by atoms with Crippen LogP contribution < -0.4 is 0 Å². The maximum atomic E-state index is 2.64. The first kappa shape index (κ1) is 18.6. The second kappa shape index (κ2) is 7.77. The smallest absolute Gasteiger partial charge is 0.0978 e. The molecule has 0 fully saturated rings. The first-order valence-electron chi connectivity index (χ1n) is 9.98. The molecule has 1 heterocycles. The van der Waals surface area contributed by atoms with E-state index in [1.165, 1.54) is 31.4 Å². The van der Waals surface area contributed by atoms with Crippen LogP contribution in [0.15, 0.2) is 109 Å². The Morgan fingerprint density at radius 2 is 1.03 bits per heavy atom. The molecule has 142 valence electrons. The lowest BCUT2D eigenvalue weighted by atomic mass is 9.75. The molecule has 5 rings (SSSR count). The molecule has 0 aliphatic carbocycles. The number of rotatable bonds is 4. The summed E-state index contributed by atoms with van der Waals surface area (Å²) in [6.07, 6.45) is 0. The van der Waals surface area contributed by atoms with Gasteiger partial charge in [0, 0.05) is 16.7 Å². The molecule has 0 bridgehead atoms. The standard InChI is InChI=1S/C27H22IN/c28-26-18-10-11-21-19-29(20-25(21)26)27(22-12-4-1-5-13-22,23-14-6-2-7-15-23)24-16-8-3-9-17-24/h1-18H,19-20H2. The molecule has 0 aromatic heterocycles. The summed E-state index contributed by atoms with van der Waals surface area (Å²) in [5, 5.41) is 0. The van der Waals surface area contributed by atoms with E-state index in [1.54, 1.807) is 0 Å². The summed E-state index contributed by atoms with van der Waals surface area (Å²) >= 11 is 2.48. The van der Waals surface area contributed by atoms with Gasteiger partial charge in [0.1, 0.15) is 0 Å². The topological polar surface area (TPSA) is 3.24 Å². The highest BCUT2D eigenvalue weighted by atomic mass is 127. The minimum absolute atomic E-state index is 0.341. The van der Waals surface area contributed by atoms with Gasteiger partial charge in [-0.15, -0.1) is 0 Å². The lowest BCUT2D eigenvalue weighted by Gasteiger charge is -2.43. The number of benzene rings is 4. The average molecular weight is 487 g/mol. The fraction of sp³-hybridized carbons (Fsp3) is 0.111. The van der Waals surface area contributed by atoms with E-state index in [2.05, 4.69) is 137 Å². The Bertz CT molecular complexity index is 1010. The summed E-state index contributed by atoms with van der Waals surface area (Å²) in [7, 11) is 0. The maximum absolute atomic E-state index is 2.64. The summed E-state index contributed by atoms with van der Waals surface area (Å²) in [5.74, 6) is 0. The molecule has 1 aliphatic rings. The largest absolute Gasteiger partial charge is 0.277 e. The van der Waals surface area contributed by atoms with E-state index in [4.69, 9.17) is 0 Å². The fourth-order valence-electron chi connectivity index (χ4n) is 4.70. The molecule has 0 saturated heterocycles. The van der Waals surface area contributed by atoms with Crippen molar-refractivity contribution in [1.82, 2.24) is 4.90 Å². The Hall–Kier alpha value is -2.43. The first-order valence-corrected chi connectivity index (χ1v) is 11.1. The minimum Gasteiger partial charge on any atom is -0.277 e. The van der Waals surface area contributed by atoms with Crippen LogP contribution in [0.25, 0.3) is 0 Å². The third-order valence-corrected chi connectivity index (χ3v) is 6.99. The zero-order chi connectivity index (χ0) is 19.7. The molecular formula is C27H22IN. The van der Waals surface area contributed by atoms with Gasteiger partial charge in [0.15, 0.2) is 0 Å². The van der Waals surface area contributed by atoms with E-state index in [0.717, 1.165) is 13.1 Å². The number of halogens is 1. The van der Waals surface area contributed by atoms with E-state index in [9.17, 15) is 0 Å². The predicted molar refractivity (Wildman–Crippen MR) is 128 cm³/mol. The van der Waals surface area contributed by atoms with E-state index in [1.807, 2.05) is 0 Å². The lowest BCUT2D eigenvalue weighted by Crippen LogP contribution is -2.45. The van der Waals surface area contributed by atoms with Gasteiger partial charge in [0.2, 0.25) is 0 Å². The van der Waals surface area contributed by atoms with E-state index >= 15 is 0 Å². The summed E-state index contributed by atoms with van der Waals surface area (Å²) in [6, 6.07) is 39.6. The van der Waals surface area contributed by atoms with Crippen molar-refractivity contribution in [1.29, 1.82) is 0 Å². The zero-order valence-electron chi connectivity index (χ0n) is 16.1. The molecule has 1 nitrogen and oxygen atoms in total. The normalized spacial score (nSPS) is 14.0. The quantitative estimate of drug-likeness (QED) is 0.232. The maximum Gasteiger partial charge on any atom is 0.0978 e. The number of hydrogen-bond acceptors (Lipinski definition) is 1. The zero-order valence-corrected chi connectivity index (χ0v) is 18.3. The summed E-state index contributed by atoms with van der Waals surface area (Å²) in [4.78, 5) is 2.64. The van der Waals surface area contributed by atoms with Crippen molar-refractivity contribution in [2.24, 2.45) is 0 Å². The molecule has 4 aromatic carbocycles. The van der Waals surface area contributed by atoms with Crippen molar-refractivity contribution in [3.05, 3.63) is 141 Å². The summed E-state index contributed by atoms with van der Waals surface area (Å²) in [5.41, 5.74) is 6.47. The second-order valence-electron chi connectivity index (χ2n) is 7.54. The Kier molecular flexibility index (Phi) is 4.98. The summed E-state index contributed by atoms with van der Waals surface area (Å²) in [6.45, 7) is 1.87. The van der Waals surface area contributed by atoms with Crippen molar-refractivity contribution in [3.8, 4) is 0 Å². The van der Waals surface area contributed by atoms with Gasteiger partial charge in [-0.1, -0.05) is 103 Å². The molecule has 0 atom stereocenters. The monoisotopic (exact) mass is 487 g/mol. The Morgan fingerprint density at radius 3 is 1.48 bits per heavy atom. The Labute approximate surface area is 186 Å². The highest BCUT2D eigenvalue weighted by molar-refractivity contribution is 14.1.